The minimum atomic E-state index is -0.474. The Morgan fingerprint density at radius 1 is 1.05 bits per heavy atom. The highest BCUT2D eigenvalue weighted by molar-refractivity contribution is 7.99. The molecule has 0 saturated heterocycles. The number of ketones is 1. The molecule has 0 saturated carbocycles. The van der Waals surface area contributed by atoms with Crippen LogP contribution in [0.2, 0.25) is 0 Å². The van der Waals surface area contributed by atoms with Crippen molar-refractivity contribution in [1.29, 1.82) is 0 Å². The van der Waals surface area contributed by atoms with Gasteiger partial charge in [0.2, 0.25) is 0 Å². The maximum Gasteiger partial charge on any atom is 0.269 e. The zero-order valence-electron chi connectivity index (χ0n) is 10.7. The van der Waals surface area contributed by atoms with Crippen LogP contribution >= 0.6 is 11.8 Å². The van der Waals surface area contributed by atoms with E-state index in [2.05, 4.69) is 0 Å². The van der Waals surface area contributed by atoms with Crippen molar-refractivity contribution in [3.8, 4) is 0 Å². The lowest BCUT2D eigenvalue weighted by molar-refractivity contribution is -0.384. The van der Waals surface area contributed by atoms with Crippen molar-refractivity contribution in [1.82, 2.24) is 0 Å². The molecule has 0 atom stereocenters. The van der Waals surface area contributed by atoms with E-state index in [0.717, 1.165) is 5.75 Å². The summed E-state index contributed by atoms with van der Waals surface area (Å²) in [6.45, 7) is 0. The maximum atomic E-state index is 11.9. The minimum absolute atomic E-state index is 0.00140. The van der Waals surface area contributed by atoms with E-state index in [-0.39, 0.29) is 11.5 Å². The Morgan fingerprint density at radius 3 is 2.30 bits per heavy atom. The van der Waals surface area contributed by atoms with Crippen LogP contribution in [0.5, 0.6) is 0 Å². The average molecular weight is 287 g/mol. The predicted octanol–water partition coefficient (Wildman–Crippen LogP) is 3.71. The van der Waals surface area contributed by atoms with E-state index < -0.39 is 4.92 Å². The van der Waals surface area contributed by atoms with Gasteiger partial charge in [-0.3, -0.25) is 14.9 Å². The van der Waals surface area contributed by atoms with E-state index in [1.54, 1.807) is 0 Å². The number of carbonyl (C=O) groups excluding carboxylic acids is 1. The third-order valence-electron chi connectivity index (χ3n) is 2.74. The number of nitro benzene ring substituents is 1. The molecule has 0 aliphatic rings. The zero-order valence-corrected chi connectivity index (χ0v) is 11.5. The molecule has 0 radical (unpaired) electrons. The Labute approximate surface area is 121 Å². The molecule has 2 rings (SSSR count). The van der Waals surface area contributed by atoms with Crippen LogP contribution in [-0.2, 0) is 5.75 Å². The predicted molar refractivity (Wildman–Crippen MR) is 80.0 cm³/mol. The molecule has 2 aromatic rings. The molecule has 5 heteroatoms. The lowest BCUT2D eigenvalue weighted by Gasteiger charge is -2.02. The second-order valence-electron chi connectivity index (χ2n) is 4.21. The third kappa shape index (κ3) is 3.93. The Bertz CT molecular complexity index is 596. The van der Waals surface area contributed by atoms with Crippen molar-refractivity contribution in [2.45, 2.75) is 5.75 Å². The molecule has 102 valence electrons. The molecule has 0 fully saturated rings. The molecule has 0 amide bonds. The van der Waals surface area contributed by atoms with E-state index in [4.69, 9.17) is 0 Å². The first kappa shape index (κ1) is 14.3. The fourth-order valence-corrected chi connectivity index (χ4v) is 2.57. The lowest BCUT2D eigenvalue weighted by atomic mass is 10.1. The van der Waals surface area contributed by atoms with Gasteiger partial charge in [-0.25, -0.2) is 0 Å². The summed E-state index contributed by atoms with van der Waals surface area (Å²) >= 11 is 1.54. The summed E-state index contributed by atoms with van der Waals surface area (Å²) < 4.78 is 0. The van der Waals surface area contributed by atoms with Crippen LogP contribution in [0.4, 0.5) is 5.69 Å². The summed E-state index contributed by atoms with van der Waals surface area (Å²) in [6.07, 6.45) is 0. The first-order valence-corrected chi connectivity index (χ1v) is 7.21. The van der Waals surface area contributed by atoms with Gasteiger partial charge in [0.05, 0.1) is 10.7 Å². The average Bonchev–Trinajstić information content (AvgIpc) is 2.48. The number of rotatable bonds is 6. The molecule has 0 unspecified atom stereocenters. The van der Waals surface area contributed by atoms with Gasteiger partial charge in [0, 0.05) is 23.4 Å². The van der Waals surface area contributed by atoms with Crippen molar-refractivity contribution >= 4 is 23.2 Å². The van der Waals surface area contributed by atoms with Gasteiger partial charge < -0.3 is 0 Å². The number of carbonyl (C=O) groups is 1. The number of Topliss-reactive ketones (excluding diaryl/α,β-unsaturated/α-hetero) is 1. The topological polar surface area (TPSA) is 60.2 Å². The summed E-state index contributed by atoms with van der Waals surface area (Å²) in [7, 11) is 0. The summed E-state index contributed by atoms with van der Waals surface area (Å²) in [5.74, 6) is 1.13. The van der Waals surface area contributed by atoms with Gasteiger partial charge >= 0.3 is 0 Å². The fourth-order valence-electron chi connectivity index (χ4n) is 1.69. The van der Waals surface area contributed by atoms with Crippen molar-refractivity contribution in [3.05, 3.63) is 75.8 Å². The Hall–Kier alpha value is -2.14. The zero-order chi connectivity index (χ0) is 14.4. The van der Waals surface area contributed by atoms with Crippen LogP contribution in [0, 0.1) is 10.1 Å². The second kappa shape index (κ2) is 6.86. The van der Waals surface area contributed by atoms with Crippen molar-refractivity contribution in [2.75, 3.05) is 5.75 Å². The van der Waals surface area contributed by atoms with Gasteiger partial charge in [-0.1, -0.05) is 30.3 Å². The first-order chi connectivity index (χ1) is 9.66. The van der Waals surface area contributed by atoms with E-state index >= 15 is 0 Å². The van der Waals surface area contributed by atoms with E-state index in [1.165, 1.54) is 41.6 Å². The molecular formula is C15H13NO3S. The van der Waals surface area contributed by atoms with Gasteiger partial charge in [0.15, 0.2) is 5.78 Å². The Kier molecular flexibility index (Phi) is 4.90. The van der Waals surface area contributed by atoms with Crippen LogP contribution in [-0.4, -0.2) is 16.5 Å². The Balaban J connectivity index is 1.87. The van der Waals surface area contributed by atoms with Crippen LogP contribution in [0.1, 0.15) is 15.9 Å². The van der Waals surface area contributed by atoms with Crippen molar-refractivity contribution < 1.29 is 9.72 Å². The Morgan fingerprint density at radius 2 is 1.70 bits per heavy atom. The quantitative estimate of drug-likeness (QED) is 0.461. The molecule has 0 heterocycles. The van der Waals surface area contributed by atoms with Crippen LogP contribution in [0.25, 0.3) is 0 Å². The molecule has 4 nitrogen and oxygen atoms in total. The highest BCUT2D eigenvalue weighted by Crippen LogP contribution is 2.16. The van der Waals surface area contributed by atoms with Crippen molar-refractivity contribution in [3.63, 3.8) is 0 Å². The molecule has 20 heavy (non-hydrogen) atoms. The minimum Gasteiger partial charge on any atom is -0.293 e. The fraction of sp³-hybridized carbons (Fsp3) is 0.133. The number of thioether (sulfide) groups is 1. The molecule has 0 bridgehead atoms. The van der Waals surface area contributed by atoms with E-state index in [0.29, 0.717) is 11.3 Å². The normalized spacial score (nSPS) is 10.2. The summed E-state index contributed by atoms with van der Waals surface area (Å²) in [5.41, 5.74) is 1.68. The first-order valence-electron chi connectivity index (χ1n) is 6.06. The highest BCUT2D eigenvalue weighted by Gasteiger charge is 2.09. The largest absolute Gasteiger partial charge is 0.293 e. The number of hydrogen-bond acceptors (Lipinski definition) is 4. The van der Waals surface area contributed by atoms with E-state index in [9.17, 15) is 14.9 Å². The molecule has 2 aromatic carbocycles. The molecular weight excluding hydrogens is 274 g/mol. The lowest BCUT2D eigenvalue weighted by Crippen LogP contribution is -2.02. The van der Waals surface area contributed by atoms with Gasteiger partial charge in [0.25, 0.3) is 5.69 Å². The molecule has 0 aromatic heterocycles. The van der Waals surface area contributed by atoms with Crippen LogP contribution < -0.4 is 0 Å². The monoisotopic (exact) mass is 287 g/mol. The number of non-ortho nitro benzene ring substituents is 1. The molecule has 0 aliphatic heterocycles. The van der Waals surface area contributed by atoms with Gasteiger partial charge in [-0.2, -0.15) is 0 Å². The van der Waals surface area contributed by atoms with Gasteiger partial charge in [0.1, 0.15) is 0 Å². The second-order valence-corrected chi connectivity index (χ2v) is 5.19. The van der Waals surface area contributed by atoms with Crippen LogP contribution in [0.3, 0.4) is 0 Å². The molecule has 0 N–H and O–H groups in total. The molecule has 0 aliphatic carbocycles. The SMILES string of the molecule is O=C(CSCc1ccccc1)c1ccc([N+](=O)[O-])cc1. The smallest absolute Gasteiger partial charge is 0.269 e. The summed E-state index contributed by atoms with van der Waals surface area (Å²) in [5, 5.41) is 10.5. The van der Waals surface area contributed by atoms with Crippen LogP contribution in [0.15, 0.2) is 54.6 Å². The van der Waals surface area contributed by atoms with E-state index in [1.807, 2.05) is 30.3 Å². The highest BCUT2D eigenvalue weighted by atomic mass is 32.2. The number of hydrogen-bond donors (Lipinski definition) is 0. The maximum absolute atomic E-state index is 11.9. The standard InChI is InChI=1S/C15H13NO3S/c17-15(11-20-10-12-4-2-1-3-5-12)13-6-8-14(9-7-13)16(18)19/h1-9H,10-11H2. The van der Waals surface area contributed by atoms with Gasteiger partial charge in [-0.05, 0) is 17.7 Å². The third-order valence-corrected chi connectivity index (χ3v) is 3.75. The van der Waals surface area contributed by atoms with Gasteiger partial charge in [-0.15, -0.1) is 11.8 Å². The van der Waals surface area contributed by atoms with Crippen molar-refractivity contribution in [2.24, 2.45) is 0 Å². The molecule has 0 spiro atoms. The number of nitrogens with zero attached hydrogens (tertiary/aromatic N) is 1. The summed E-state index contributed by atoms with van der Waals surface area (Å²) in [6, 6.07) is 15.6. The summed E-state index contributed by atoms with van der Waals surface area (Å²) in [4.78, 5) is 22.0. The number of benzene rings is 2. The number of nitro groups is 1.